The third-order valence-electron chi connectivity index (χ3n) is 1.11. The summed E-state index contributed by atoms with van der Waals surface area (Å²) in [4.78, 5) is 10.00. The summed E-state index contributed by atoms with van der Waals surface area (Å²) in [5.41, 5.74) is 0. The van der Waals surface area contributed by atoms with Gasteiger partial charge in [-0.1, -0.05) is 29.3 Å². The standard InChI is InChI=1S/C7H3Cl2O3/c8-4-2-1-3-5(6(4)9)12-7(10)11/h1-3H. The van der Waals surface area contributed by atoms with Crippen LogP contribution in [0.15, 0.2) is 18.2 Å². The molecule has 0 saturated heterocycles. The van der Waals surface area contributed by atoms with Gasteiger partial charge in [-0.25, -0.2) is 0 Å². The molecule has 5 heteroatoms. The van der Waals surface area contributed by atoms with E-state index in [9.17, 15) is 9.90 Å². The van der Waals surface area contributed by atoms with Crippen LogP contribution in [-0.4, -0.2) is 6.16 Å². The van der Waals surface area contributed by atoms with Crippen LogP contribution < -0.4 is 4.74 Å². The van der Waals surface area contributed by atoms with Crippen molar-refractivity contribution in [3.63, 3.8) is 0 Å². The largest absolute Gasteiger partial charge is 0.555 e. The number of hydrogen-bond donors (Lipinski definition) is 0. The van der Waals surface area contributed by atoms with E-state index in [-0.39, 0.29) is 15.8 Å². The van der Waals surface area contributed by atoms with Crippen LogP contribution in [0.4, 0.5) is 4.79 Å². The number of carbonyl (C=O) groups is 1. The molecule has 0 atom stereocenters. The van der Waals surface area contributed by atoms with Crippen LogP contribution in [0, 0.1) is 0 Å². The van der Waals surface area contributed by atoms with E-state index in [0.717, 1.165) is 0 Å². The highest BCUT2D eigenvalue weighted by atomic mass is 35.5. The smallest absolute Gasteiger partial charge is 0.391 e. The van der Waals surface area contributed by atoms with E-state index >= 15 is 0 Å². The van der Waals surface area contributed by atoms with E-state index in [4.69, 9.17) is 23.2 Å². The molecule has 0 saturated carbocycles. The molecule has 0 aliphatic carbocycles. The molecule has 1 aromatic carbocycles. The van der Waals surface area contributed by atoms with E-state index in [0.29, 0.717) is 0 Å². The molecule has 0 aromatic heterocycles. The van der Waals surface area contributed by atoms with Crippen molar-refractivity contribution >= 4 is 29.4 Å². The summed E-state index contributed by atoms with van der Waals surface area (Å²) in [6.07, 6.45) is -1.67. The van der Waals surface area contributed by atoms with Crippen molar-refractivity contribution in [2.75, 3.05) is 0 Å². The molecular weight excluding hydrogens is 203 g/mol. The highest BCUT2D eigenvalue weighted by Gasteiger charge is 2.09. The summed E-state index contributed by atoms with van der Waals surface area (Å²) in [7, 11) is 0. The van der Waals surface area contributed by atoms with Crippen LogP contribution in [0.25, 0.3) is 0 Å². The van der Waals surface area contributed by atoms with Crippen molar-refractivity contribution in [2.45, 2.75) is 0 Å². The lowest BCUT2D eigenvalue weighted by Crippen LogP contribution is -2.01. The van der Waals surface area contributed by atoms with Crippen molar-refractivity contribution < 1.29 is 14.6 Å². The van der Waals surface area contributed by atoms with Gasteiger partial charge < -0.3 is 4.74 Å². The lowest BCUT2D eigenvalue weighted by atomic mass is 10.3. The first-order valence-corrected chi connectivity index (χ1v) is 3.69. The molecule has 3 nitrogen and oxygen atoms in total. The molecule has 0 spiro atoms. The lowest BCUT2D eigenvalue weighted by molar-refractivity contribution is 0.117. The zero-order valence-electron chi connectivity index (χ0n) is 5.71. The van der Waals surface area contributed by atoms with E-state index in [1.807, 2.05) is 0 Å². The summed E-state index contributed by atoms with van der Waals surface area (Å²) in [5, 5.41) is 10.3. The fraction of sp³-hybridized carbons (Fsp3) is 0. The van der Waals surface area contributed by atoms with Crippen LogP contribution in [0.2, 0.25) is 10.0 Å². The van der Waals surface area contributed by atoms with Gasteiger partial charge in [0, 0.05) is 0 Å². The van der Waals surface area contributed by atoms with Crippen molar-refractivity contribution in [3.05, 3.63) is 28.2 Å². The van der Waals surface area contributed by atoms with Crippen molar-refractivity contribution in [1.82, 2.24) is 0 Å². The summed E-state index contributed by atoms with van der Waals surface area (Å²) in [5.74, 6) is -0.0239. The van der Waals surface area contributed by atoms with Gasteiger partial charge in [0.1, 0.15) is 5.02 Å². The Kier molecular flexibility index (Phi) is 2.78. The second-order valence-corrected chi connectivity index (χ2v) is 2.69. The van der Waals surface area contributed by atoms with Gasteiger partial charge in [-0.2, -0.15) is 9.90 Å². The minimum Gasteiger partial charge on any atom is -0.391 e. The molecule has 1 radical (unpaired) electrons. The van der Waals surface area contributed by atoms with Gasteiger partial charge in [0.2, 0.25) is 0 Å². The second-order valence-electron chi connectivity index (χ2n) is 1.90. The maximum atomic E-state index is 10.00. The summed E-state index contributed by atoms with van der Waals surface area (Å²) < 4.78 is 4.21. The Morgan fingerprint density at radius 3 is 2.58 bits per heavy atom. The summed E-state index contributed by atoms with van der Waals surface area (Å²) in [6.45, 7) is 0. The lowest BCUT2D eigenvalue weighted by Gasteiger charge is -2.01. The number of hydrogen-bond acceptors (Lipinski definition) is 2. The van der Waals surface area contributed by atoms with E-state index in [1.54, 1.807) is 0 Å². The molecule has 0 aliphatic heterocycles. The van der Waals surface area contributed by atoms with Gasteiger partial charge >= 0.3 is 6.16 Å². The molecular formula is C7H3Cl2O3. The first kappa shape index (κ1) is 9.16. The van der Waals surface area contributed by atoms with Crippen LogP contribution in [0.3, 0.4) is 0 Å². The number of carbonyl (C=O) groups excluding carboxylic acids is 1. The average molecular weight is 206 g/mol. The van der Waals surface area contributed by atoms with Gasteiger partial charge in [-0.05, 0) is 12.1 Å². The SMILES string of the molecule is [O]C(=O)Oc1cccc(Cl)c1Cl. The van der Waals surface area contributed by atoms with Gasteiger partial charge in [0.25, 0.3) is 0 Å². The maximum Gasteiger partial charge on any atom is 0.555 e. The zero-order chi connectivity index (χ0) is 9.14. The van der Waals surface area contributed by atoms with Crippen molar-refractivity contribution in [3.8, 4) is 5.75 Å². The predicted octanol–water partition coefficient (Wildman–Crippen LogP) is 2.92. The Hall–Kier alpha value is -0.930. The Bertz CT molecular complexity index is 312. The van der Waals surface area contributed by atoms with Gasteiger partial charge in [-0.3, -0.25) is 0 Å². The van der Waals surface area contributed by atoms with E-state index < -0.39 is 6.16 Å². The minimum atomic E-state index is -1.67. The molecule has 0 aliphatic rings. The molecule has 0 fully saturated rings. The molecule has 63 valence electrons. The predicted molar refractivity (Wildman–Crippen MR) is 43.2 cm³/mol. The first-order valence-electron chi connectivity index (χ1n) is 2.94. The molecule has 0 N–H and O–H groups in total. The van der Waals surface area contributed by atoms with Gasteiger partial charge in [0.15, 0.2) is 5.75 Å². The third kappa shape index (κ3) is 2.03. The van der Waals surface area contributed by atoms with Gasteiger partial charge in [-0.15, -0.1) is 0 Å². The minimum absolute atomic E-state index is 0.0239. The van der Waals surface area contributed by atoms with Crippen molar-refractivity contribution in [2.24, 2.45) is 0 Å². The molecule has 0 bridgehead atoms. The highest BCUT2D eigenvalue weighted by molar-refractivity contribution is 6.42. The first-order chi connectivity index (χ1) is 5.61. The molecule has 1 rings (SSSR count). The molecule has 0 heterocycles. The number of ether oxygens (including phenoxy) is 1. The molecule has 0 unspecified atom stereocenters. The fourth-order valence-electron chi connectivity index (χ4n) is 0.653. The van der Waals surface area contributed by atoms with E-state index in [1.165, 1.54) is 18.2 Å². The fourth-order valence-corrected chi connectivity index (χ4v) is 0.983. The second kappa shape index (κ2) is 3.65. The van der Waals surface area contributed by atoms with Crippen LogP contribution in [0.5, 0.6) is 5.75 Å². The van der Waals surface area contributed by atoms with Crippen LogP contribution in [-0.2, 0) is 5.11 Å². The number of halogens is 2. The van der Waals surface area contributed by atoms with Crippen LogP contribution >= 0.6 is 23.2 Å². The normalized spacial score (nSPS) is 9.50. The Labute approximate surface area is 78.5 Å². The average Bonchev–Trinajstić information content (AvgIpc) is 1.98. The Morgan fingerprint density at radius 2 is 2.00 bits per heavy atom. The Balaban J connectivity index is 3.00. The summed E-state index contributed by atoms with van der Waals surface area (Å²) in [6, 6.07) is 4.42. The maximum absolute atomic E-state index is 10.00. The van der Waals surface area contributed by atoms with Crippen LogP contribution in [0.1, 0.15) is 0 Å². The topological polar surface area (TPSA) is 46.2 Å². The quantitative estimate of drug-likeness (QED) is 0.523. The zero-order valence-corrected chi connectivity index (χ0v) is 7.22. The third-order valence-corrected chi connectivity index (χ3v) is 1.91. The van der Waals surface area contributed by atoms with Crippen molar-refractivity contribution in [1.29, 1.82) is 0 Å². The number of benzene rings is 1. The highest BCUT2D eigenvalue weighted by Crippen LogP contribution is 2.31. The Morgan fingerprint density at radius 1 is 1.33 bits per heavy atom. The molecule has 0 amide bonds. The van der Waals surface area contributed by atoms with Gasteiger partial charge in [0.05, 0.1) is 5.02 Å². The molecule has 1 aromatic rings. The monoisotopic (exact) mass is 205 g/mol. The molecule has 12 heavy (non-hydrogen) atoms. The number of rotatable bonds is 1. The van der Waals surface area contributed by atoms with E-state index in [2.05, 4.69) is 4.74 Å². The summed E-state index contributed by atoms with van der Waals surface area (Å²) >= 11 is 11.2.